The van der Waals surface area contributed by atoms with E-state index in [1.807, 2.05) is 42.5 Å². The Labute approximate surface area is 195 Å². The Morgan fingerprint density at radius 3 is 2.47 bits per heavy atom. The van der Waals surface area contributed by atoms with Gasteiger partial charge in [-0.25, -0.2) is 0 Å². The summed E-state index contributed by atoms with van der Waals surface area (Å²) >= 11 is 6.11. The molecule has 32 heavy (non-hydrogen) atoms. The molecule has 0 aliphatic heterocycles. The second kappa shape index (κ2) is 13.6. The second-order valence-corrected chi connectivity index (χ2v) is 8.04. The number of carbonyl (C=O) groups excluding carboxylic acids is 2. The molecule has 2 amide bonds. The van der Waals surface area contributed by atoms with Crippen molar-refractivity contribution in [3.63, 3.8) is 0 Å². The molecule has 0 aromatic heterocycles. The minimum absolute atomic E-state index is 0.0959. The monoisotopic (exact) mass is 460 g/mol. The van der Waals surface area contributed by atoms with Crippen LogP contribution in [0.4, 0.5) is 0 Å². The lowest BCUT2D eigenvalue weighted by atomic mass is 10.1. The molecule has 0 heterocycles. The van der Waals surface area contributed by atoms with Gasteiger partial charge < -0.3 is 19.7 Å². The van der Waals surface area contributed by atoms with E-state index < -0.39 is 6.04 Å². The van der Waals surface area contributed by atoms with Crippen molar-refractivity contribution in [3.05, 3.63) is 59.1 Å². The van der Waals surface area contributed by atoms with Crippen LogP contribution in [0.25, 0.3) is 0 Å². The third kappa shape index (κ3) is 8.42. The van der Waals surface area contributed by atoms with Crippen molar-refractivity contribution in [1.29, 1.82) is 0 Å². The fourth-order valence-electron chi connectivity index (χ4n) is 3.18. The summed E-state index contributed by atoms with van der Waals surface area (Å²) in [4.78, 5) is 27.3. The van der Waals surface area contributed by atoms with Crippen molar-refractivity contribution in [2.75, 3.05) is 20.3 Å². The largest absolute Gasteiger partial charge is 0.497 e. The van der Waals surface area contributed by atoms with E-state index in [9.17, 15) is 9.59 Å². The summed E-state index contributed by atoms with van der Waals surface area (Å²) in [5, 5.41) is 3.52. The van der Waals surface area contributed by atoms with Crippen molar-refractivity contribution in [1.82, 2.24) is 10.2 Å². The van der Waals surface area contributed by atoms with Gasteiger partial charge in [0.2, 0.25) is 11.8 Å². The highest BCUT2D eigenvalue weighted by Crippen LogP contribution is 2.18. The number of benzene rings is 2. The molecular weight excluding hydrogens is 428 g/mol. The summed E-state index contributed by atoms with van der Waals surface area (Å²) in [5.41, 5.74) is 0.883. The van der Waals surface area contributed by atoms with Gasteiger partial charge in [0.1, 0.15) is 17.5 Å². The number of nitrogens with zero attached hydrogens (tertiary/aromatic N) is 1. The molecule has 2 rings (SSSR count). The van der Waals surface area contributed by atoms with Crippen LogP contribution in [0.5, 0.6) is 11.5 Å². The van der Waals surface area contributed by atoms with Crippen molar-refractivity contribution in [3.8, 4) is 11.5 Å². The minimum Gasteiger partial charge on any atom is -0.497 e. The Bertz CT molecular complexity index is 857. The fraction of sp³-hybridized carbons (Fsp3) is 0.440. The SMILES string of the molecule is CCCCNC(=O)C(C)N(Cc1cccc(Cl)c1)C(=O)CCCOc1ccc(OC)cc1. The van der Waals surface area contributed by atoms with Crippen LogP contribution in [0.3, 0.4) is 0 Å². The number of ether oxygens (including phenoxy) is 2. The number of unbranched alkanes of at least 4 members (excludes halogenated alkanes) is 1. The second-order valence-electron chi connectivity index (χ2n) is 7.60. The Morgan fingerprint density at radius 2 is 1.81 bits per heavy atom. The molecule has 174 valence electrons. The van der Waals surface area contributed by atoms with Crippen molar-refractivity contribution in [2.24, 2.45) is 0 Å². The zero-order chi connectivity index (χ0) is 23.3. The number of carbonyl (C=O) groups is 2. The van der Waals surface area contributed by atoms with Crippen LogP contribution in [0, 0.1) is 0 Å². The van der Waals surface area contributed by atoms with Gasteiger partial charge in [0.25, 0.3) is 0 Å². The van der Waals surface area contributed by atoms with Gasteiger partial charge >= 0.3 is 0 Å². The van der Waals surface area contributed by atoms with Crippen LogP contribution in [-0.2, 0) is 16.1 Å². The lowest BCUT2D eigenvalue weighted by Gasteiger charge is -2.29. The number of halogens is 1. The number of nitrogens with one attached hydrogen (secondary N) is 1. The van der Waals surface area contributed by atoms with Crippen LogP contribution >= 0.6 is 11.6 Å². The first-order chi connectivity index (χ1) is 15.4. The molecule has 0 saturated carbocycles. The standard InChI is InChI=1S/C25H33ClN2O4/c1-4-5-15-27-25(30)19(2)28(18-20-8-6-9-21(26)17-20)24(29)10-7-16-32-23-13-11-22(31-3)12-14-23/h6,8-9,11-14,17,19H,4-5,7,10,15-16,18H2,1-3H3,(H,27,30). The average Bonchev–Trinajstić information content (AvgIpc) is 2.80. The first kappa shape index (κ1) is 25.5. The molecule has 0 fully saturated rings. The average molecular weight is 461 g/mol. The molecular formula is C25H33ClN2O4. The van der Waals surface area contributed by atoms with E-state index in [0.717, 1.165) is 29.9 Å². The van der Waals surface area contributed by atoms with Gasteiger partial charge in [0.15, 0.2) is 0 Å². The highest BCUT2D eigenvalue weighted by Gasteiger charge is 2.25. The zero-order valence-corrected chi connectivity index (χ0v) is 19.9. The molecule has 7 heteroatoms. The molecule has 2 aromatic carbocycles. The van der Waals surface area contributed by atoms with Gasteiger partial charge in [-0.15, -0.1) is 0 Å². The van der Waals surface area contributed by atoms with E-state index in [0.29, 0.717) is 31.1 Å². The Balaban J connectivity index is 1.96. The fourth-order valence-corrected chi connectivity index (χ4v) is 3.39. The van der Waals surface area contributed by atoms with Crippen LogP contribution in [0.1, 0.15) is 45.1 Å². The number of methoxy groups -OCH3 is 1. The molecule has 1 N–H and O–H groups in total. The van der Waals surface area contributed by atoms with Crippen molar-refractivity contribution in [2.45, 2.75) is 52.1 Å². The topological polar surface area (TPSA) is 67.9 Å². The normalized spacial score (nSPS) is 11.5. The van der Waals surface area contributed by atoms with Gasteiger partial charge in [-0.05, 0) is 61.7 Å². The van der Waals surface area contributed by atoms with E-state index in [4.69, 9.17) is 21.1 Å². The maximum Gasteiger partial charge on any atom is 0.242 e. The maximum absolute atomic E-state index is 13.0. The Morgan fingerprint density at radius 1 is 1.09 bits per heavy atom. The Kier molecular flexibility index (Phi) is 10.9. The smallest absolute Gasteiger partial charge is 0.242 e. The first-order valence-electron chi connectivity index (χ1n) is 11.0. The Hall–Kier alpha value is -2.73. The minimum atomic E-state index is -0.583. The molecule has 0 saturated heterocycles. The zero-order valence-electron chi connectivity index (χ0n) is 19.1. The first-order valence-corrected chi connectivity index (χ1v) is 11.4. The summed E-state index contributed by atoms with van der Waals surface area (Å²) in [6.07, 6.45) is 2.72. The van der Waals surface area contributed by atoms with Crippen LogP contribution < -0.4 is 14.8 Å². The maximum atomic E-state index is 13.0. The predicted octanol–water partition coefficient (Wildman–Crippen LogP) is 4.84. The summed E-state index contributed by atoms with van der Waals surface area (Å²) in [6, 6.07) is 14.1. The molecule has 0 aliphatic rings. The van der Waals surface area contributed by atoms with Gasteiger partial charge in [-0.2, -0.15) is 0 Å². The van der Waals surface area contributed by atoms with E-state index in [1.165, 1.54) is 0 Å². The third-order valence-corrected chi connectivity index (χ3v) is 5.34. The molecule has 0 spiro atoms. The predicted molar refractivity (Wildman–Crippen MR) is 127 cm³/mol. The van der Waals surface area contributed by atoms with Crippen molar-refractivity contribution >= 4 is 23.4 Å². The van der Waals surface area contributed by atoms with Crippen molar-refractivity contribution < 1.29 is 19.1 Å². The van der Waals surface area contributed by atoms with E-state index in [-0.39, 0.29) is 18.2 Å². The van der Waals surface area contributed by atoms with E-state index >= 15 is 0 Å². The van der Waals surface area contributed by atoms with Gasteiger partial charge in [-0.1, -0.05) is 37.1 Å². The van der Waals surface area contributed by atoms with E-state index in [1.54, 1.807) is 25.0 Å². The van der Waals surface area contributed by atoms with Crippen LogP contribution in [-0.4, -0.2) is 43.0 Å². The number of hydrogen-bond donors (Lipinski definition) is 1. The van der Waals surface area contributed by atoms with Gasteiger partial charge in [0.05, 0.1) is 13.7 Å². The molecule has 1 atom stereocenters. The molecule has 0 bridgehead atoms. The van der Waals surface area contributed by atoms with Crippen LogP contribution in [0.15, 0.2) is 48.5 Å². The number of hydrogen-bond acceptors (Lipinski definition) is 4. The highest BCUT2D eigenvalue weighted by molar-refractivity contribution is 6.30. The molecule has 2 aromatic rings. The summed E-state index contributed by atoms with van der Waals surface area (Å²) in [6.45, 7) is 5.16. The van der Waals surface area contributed by atoms with Gasteiger partial charge in [0, 0.05) is 24.5 Å². The molecule has 1 unspecified atom stereocenters. The lowest BCUT2D eigenvalue weighted by Crippen LogP contribution is -2.47. The number of rotatable bonds is 13. The summed E-state index contributed by atoms with van der Waals surface area (Å²) < 4.78 is 10.9. The lowest BCUT2D eigenvalue weighted by molar-refractivity contribution is -0.140. The van der Waals surface area contributed by atoms with E-state index in [2.05, 4.69) is 12.2 Å². The third-order valence-electron chi connectivity index (χ3n) is 5.10. The quantitative estimate of drug-likeness (QED) is 0.434. The highest BCUT2D eigenvalue weighted by atomic mass is 35.5. The molecule has 0 radical (unpaired) electrons. The molecule has 6 nitrogen and oxygen atoms in total. The van der Waals surface area contributed by atoms with Gasteiger partial charge in [-0.3, -0.25) is 9.59 Å². The van der Waals surface area contributed by atoms with Crippen LogP contribution in [0.2, 0.25) is 5.02 Å². The summed E-state index contributed by atoms with van der Waals surface area (Å²) in [7, 11) is 1.61. The summed E-state index contributed by atoms with van der Waals surface area (Å²) in [5.74, 6) is 1.23. The number of amides is 2. The molecule has 0 aliphatic carbocycles.